The van der Waals surface area contributed by atoms with Crippen LogP contribution in [0, 0.1) is 11.3 Å². The third kappa shape index (κ3) is 3.08. The molecule has 0 bridgehead atoms. The van der Waals surface area contributed by atoms with E-state index >= 15 is 0 Å². The third-order valence-electron chi connectivity index (χ3n) is 3.25. The van der Waals surface area contributed by atoms with Gasteiger partial charge in [0.1, 0.15) is 5.84 Å². The molecule has 1 saturated heterocycles. The molecule has 0 aromatic rings. The largest absolute Gasteiger partial charge is 0.337 e. The summed E-state index contributed by atoms with van der Waals surface area (Å²) in [7, 11) is 0. The van der Waals surface area contributed by atoms with Crippen molar-refractivity contribution in [1.82, 2.24) is 4.90 Å². The molecule has 0 aromatic heterocycles. The number of hydrogen-bond donors (Lipinski definition) is 0. The van der Waals surface area contributed by atoms with Crippen LogP contribution in [-0.4, -0.2) is 23.8 Å². The molecule has 0 spiro atoms. The number of nitrogens with zero attached hydrogens (tertiary/aromatic N) is 2. The van der Waals surface area contributed by atoms with Crippen molar-refractivity contribution >= 4 is 5.84 Å². The third-order valence-corrected chi connectivity index (χ3v) is 3.25. The minimum absolute atomic E-state index is 0.388. The Kier molecular flexibility index (Phi) is 3.95. The Balaban J connectivity index is 2.71. The highest BCUT2D eigenvalue weighted by Crippen LogP contribution is 2.33. The molecular weight excluding hydrogens is 184 g/mol. The molecule has 2 nitrogen and oxygen atoms in total. The van der Waals surface area contributed by atoms with E-state index in [2.05, 4.69) is 44.2 Å². The maximum absolute atomic E-state index is 4.52. The summed E-state index contributed by atoms with van der Waals surface area (Å²) in [4.78, 5) is 6.75. The molecule has 0 aromatic carbocycles. The average Bonchev–Trinajstić information content (AvgIpc) is 2.17. The van der Waals surface area contributed by atoms with Crippen LogP contribution in [0.1, 0.15) is 40.5 Å². The monoisotopic (exact) mass is 208 g/mol. The molecule has 0 N–H and O–H groups in total. The van der Waals surface area contributed by atoms with Crippen molar-refractivity contribution in [2.75, 3.05) is 13.1 Å². The number of likely N-dealkylation sites (tertiary alicyclic amines) is 1. The number of aliphatic imine (C=N–C) groups is 1. The molecule has 1 rings (SSSR count). The lowest BCUT2D eigenvalue weighted by Crippen LogP contribution is -2.41. The SMILES string of the molecule is C=CN1CC(C(C)(C)C)CCC1=NCC. The molecule has 1 unspecified atom stereocenters. The molecule has 15 heavy (non-hydrogen) atoms. The van der Waals surface area contributed by atoms with Crippen LogP contribution in [0.25, 0.3) is 0 Å². The summed E-state index contributed by atoms with van der Waals surface area (Å²) in [6.45, 7) is 14.9. The van der Waals surface area contributed by atoms with E-state index in [1.165, 1.54) is 12.3 Å². The molecule has 86 valence electrons. The maximum Gasteiger partial charge on any atom is 0.103 e. The van der Waals surface area contributed by atoms with E-state index in [-0.39, 0.29) is 0 Å². The highest BCUT2D eigenvalue weighted by atomic mass is 15.2. The van der Waals surface area contributed by atoms with Crippen LogP contribution in [0.3, 0.4) is 0 Å². The summed E-state index contributed by atoms with van der Waals surface area (Å²) in [6.07, 6.45) is 4.28. The zero-order valence-corrected chi connectivity index (χ0v) is 10.6. The van der Waals surface area contributed by atoms with Crippen molar-refractivity contribution in [1.29, 1.82) is 0 Å². The lowest BCUT2D eigenvalue weighted by Gasteiger charge is -2.39. The van der Waals surface area contributed by atoms with E-state index in [0.29, 0.717) is 5.41 Å². The predicted octanol–water partition coefficient (Wildman–Crippen LogP) is 3.31. The molecule has 1 aliphatic rings. The van der Waals surface area contributed by atoms with Gasteiger partial charge in [0, 0.05) is 19.5 Å². The topological polar surface area (TPSA) is 15.6 Å². The van der Waals surface area contributed by atoms with Crippen LogP contribution in [0.2, 0.25) is 0 Å². The Labute approximate surface area is 94.1 Å². The Hall–Kier alpha value is -0.790. The summed E-state index contributed by atoms with van der Waals surface area (Å²) in [5.41, 5.74) is 0.388. The van der Waals surface area contributed by atoms with Crippen molar-refractivity contribution in [2.45, 2.75) is 40.5 Å². The fraction of sp³-hybridized carbons (Fsp3) is 0.769. The van der Waals surface area contributed by atoms with Gasteiger partial charge in [-0.2, -0.15) is 0 Å². The van der Waals surface area contributed by atoms with Gasteiger partial charge in [-0.1, -0.05) is 27.4 Å². The highest BCUT2D eigenvalue weighted by Gasteiger charge is 2.30. The summed E-state index contributed by atoms with van der Waals surface area (Å²) in [5, 5.41) is 0. The van der Waals surface area contributed by atoms with Crippen molar-refractivity contribution in [3.8, 4) is 0 Å². The van der Waals surface area contributed by atoms with Crippen molar-refractivity contribution < 1.29 is 0 Å². The quantitative estimate of drug-likeness (QED) is 0.680. The Morgan fingerprint density at radius 2 is 2.20 bits per heavy atom. The van der Waals surface area contributed by atoms with Crippen LogP contribution in [0.4, 0.5) is 0 Å². The van der Waals surface area contributed by atoms with Gasteiger partial charge < -0.3 is 4.90 Å². The molecule has 0 radical (unpaired) electrons. The van der Waals surface area contributed by atoms with Gasteiger partial charge in [-0.3, -0.25) is 4.99 Å². The van der Waals surface area contributed by atoms with Gasteiger partial charge in [-0.15, -0.1) is 0 Å². The summed E-state index contributed by atoms with van der Waals surface area (Å²) in [5.74, 6) is 1.96. The van der Waals surface area contributed by atoms with Gasteiger partial charge in [0.05, 0.1) is 0 Å². The Morgan fingerprint density at radius 1 is 1.53 bits per heavy atom. The smallest absolute Gasteiger partial charge is 0.103 e. The van der Waals surface area contributed by atoms with Crippen LogP contribution in [0.5, 0.6) is 0 Å². The lowest BCUT2D eigenvalue weighted by atomic mass is 9.76. The van der Waals surface area contributed by atoms with Crippen molar-refractivity contribution in [2.24, 2.45) is 16.3 Å². The molecule has 1 heterocycles. The van der Waals surface area contributed by atoms with Crippen LogP contribution < -0.4 is 0 Å². The molecule has 0 amide bonds. The molecule has 1 fully saturated rings. The van der Waals surface area contributed by atoms with E-state index in [1.54, 1.807) is 0 Å². The zero-order valence-electron chi connectivity index (χ0n) is 10.6. The first-order valence-electron chi connectivity index (χ1n) is 5.91. The molecule has 0 aliphatic carbocycles. The molecule has 2 heteroatoms. The van der Waals surface area contributed by atoms with Gasteiger partial charge in [-0.25, -0.2) is 0 Å². The predicted molar refractivity (Wildman–Crippen MR) is 67.1 cm³/mol. The van der Waals surface area contributed by atoms with Crippen LogP contribution in [0.15, 0.2) is 17.8 Å². The average molecular weight is 208 g/mol. The van der Waals surface area contributed by atoms with E-state index in [9.17, 15) is 0 Å². The van der Waals surface area contributed by atoms with Crippen molar-refractivity contribution in [3.05, 3.63) is 12.8 Å². The molecule has 0 saturated carbocycles. The van der Waals surface area contributed by atoms with Crippen molar-refractivity contribution in [3.63, 3.8) is 0 Å². The summed E-state index contributed by atoms with van der Waals surface area (Å²) < 4.78 is 0. The van der Waals surface area contributed by atoms with Gasteiger partial charge in [0.25, 0.3) is 0 Å². The van der Waals surface area contributed by atoms with Gasteiger partial charge in [-0.05, 0) is 30.9 Å². The van der Waals surface area contributed by atoms with E-state index in [4.69, 9.17) is 0 Å². The summed E-state index contributed by atoms with van der Waals surface area (Å²) in [6, 6.07) is 0. The van der Waals surface area contributed by atoms with E-state index in [1.807, 2.05) is 6.20 Å². The first-order valence-corrected chi connectivity index (χ1v) is 5.91. The van der Waals surface area contributed by atoms with Crippen LogP contribution in [-0.2, 0) is 0 Å². The second-order valence-corrected chi connectivity index (χ2v) is 5.33. The number of piperidine rings is 1. The minimum atomic E-state index is 0.388. The molecular formula is C13H24N2. The van der Waals surface area contributed by atoms with Gasteiger partial charge in [0.2, 0.25) is 0 Å². The Morgan fingerprint density at radius 3 is 2.67 bits per heavy atom. The highest BCUT2D eigenvalue weighted by molar-refractivity contribution is 5.83. The molecule has 1 aliphatic heterocycles. The maximum atomic E-state index is 4.52. The summed E-state index contributed by atoms with van der Waals surface area (Å²) >= 11 is 0. The standard InChI is InChI=1S/C13H24N2/c1-6-14-12-9-8-11(13(3,4)5)10-15(12)7-2/h7,11H,2,6,8-10H2,1,3-5H3. The number of hydrogen-bond acceptors (Lipinski definition) is 1. The zero-order chi connectivity index (χ0) is 11.5. The van der Waals surface area contributed by atoms with Gasteiger partial charge in [0.15, 0.2) is 0 Å². The fourth-order valence-electron chi connectivity index (χ4n) is 2.12. The Bertz CT molecular complexity index is 248. The van der Waals surface area contributed by atoms with E-state index in [0.717, 1.165) is 25.4 Å². The van der Waals surface area contributed by atoms with Gasteiger partial charge >= 0.3 is 0 Å². The second-order valence-electron chi connectivity index (χ2n) is 5.33. The van der Waals surface area contributed by atoms with E-state index < -0.39 is 0 Å². The van der Waals surface area contributed by atoms with Crippen LogP contribution >= 0.6 is 0 Å². The lowest BCUT2D eigenvalue weighted by molar-refractivity contribution is 0.182. The number of rotatable bonds is 2. The first-order chi connectivity index (χ1) is 6.99. The first kappa shape index (κ1) is 12.3. The fourth-order valence-corrected chi connectivity index (χ4v) is 2.12. The minimum Gasteiger partial charge on any atom is -0.337 e. The normalized spacial score (nSPS) is 25.7. The number of amidine groups is 1. The molecule has 1 atom stereocenters. The second kappa shape index (κ2) is 4.82.